The first-order valence-electron chi connectivity index (χ1n) is 7.59. The molecule has 0 saturated heterocycles. The van der Waals surface area contributed by atoms with Gasteiger partial charge in [0.25, 0.3) is 0 Å². The molecule has 0 spiro atoms. The van der Waals surface area contributed by atoms with Crippen LogP contribution in [0.15, 0.2) is 47.6 Å². The molecule has 0 aliphatic carbocycles. The van der Waals surface area contributed by atoms with Crippen LogP contribution in [0.2, 0.25) is 0 Å². The molecule has 0 aromatic heterocycles. The molecular formula is C18H21N3O3S. The lowest BCUT2D eigenvalue weighted by molar-refractivity contribution is 0.340. The number of nitrogens with one attached hydrogen (secondary N) is 1. The zero-order valence-corrected chi connectivity index (χ0v) is 15.2. The first-order chi connectivity index (χ1) is 12.0. The van der Waals surface area contributed by atoms with Crippen LogP contribution < -0.4 is 14.8 Å². The first-order valence-corrected chi connectivity index (χ1v) is 8.00. The molecule has 0 aliphatic heterocycles. The Morgan fingerprint density at radius 2 is 1.80 bits per heavy atom. The number of ether oxygens (including phenoxy) is 2. The molecule has 2 rings (SSSR count). The Kier molecular flexibility index (Phi) is 6.59. The van der Waals surface area contributed by atoms with Gasteiger partial charge in [-0.25, -0.2) is 5.01 Å². The molecule has 0 bridgehead atoms. The maximum Gasteiger partial charge on any atom is 0.200 e. The molecule has 2 aromatic carbocycles. The fraction of sp³-hybridized carbons (Fsp3) is 0.222. The fourth-order valence-electron chi connectivity index (χ4n) is 2.08. The summed E-state index contributed by atoms with van der Waals surface area (Å²) in [6.45, 7) is 0.625. The van der Waals surface area contributed by atoms with Gasteiger partial charge >= 0.3 is 0 Å². The third kappa shape index (κ3) is 5.09. The van der Waals surface area contributed by atoms with Crippen molar-refractivity contribution in [3.63, 3.8) is 0 Å². The van der Waals surface area contributed by atoms with Gasteiger partial charge in [0.15, 0.2) is 16.6 Å². The van der Waals surface area contributed by atoms with Gasteiger partial charge in [0.2, 0.25) is 5.75 Å². The molecule has 0 aliphatic rings. The van der Waals surface area contributed by atoms with Crippen LogP contribution in [0, 0.1) is 0 Å². The minimum atomic E-state index is -0.0458. The second-order valence-electron chi connectivity index (χ2n) is 5.19. The summed E-state index contributed by atoms with van der Waals surface area (Å²) in [5.74, 6) is 0.581. The lowest BCUT2D eigenvalue weighted by Gasteiger charge is -2.16. The van der Waals surface area contributed by atoms with Crippen LogP contribution in [0.3, 0.4) is 0 Å². The number of aromatic hydroxyl groups is 1. The quantitative estimate of drug-likeness (QED) is 0.470. The van der Waals surface area contributed by atoms with E-state index in [0.29, 0.717) is 28.7 Å². The van der Waals surface area contributed by atoms with E-state index in [1.54, 1.807) is 30.4 Å². The first kappa shape index (κ1) is 18.5. The summed E-state index contributed by atoms with van der Waals surface area (Å²) < 4.78 is 10.3. The fourth-order valence-corrected chi connectivity index (χ4v) is 2.20. The van der Waals surface area contributed by atoms with Crippen molar-refractivity contribution >= 4 is 23.5 Å². The van der Waals surface area contributed by atoms with E-state index in [4.69, 9.17) is 21.7 Å². The third-order valence-corrected chi connectivity index (χ3v) is 3.87. The van der Waals surface area contributed by atoms with E-state index < -0.39 is 0 Å². The molecule has 6 nitrogen and oxygen atoms in total. The number of hydrazone groups is 1. The number of benzene rings is 2. The predicted octanol–water partition coefficient (Wildman–Crippen LogP) is 2.75. The predicted molar refractivity (Wildman–Crippen MR) is 102 cm³/mol. The molecule has 0 atom stereocenters. The molecule has 0 amide bonds. The van der Waals surface area contributed by atoms with Crippen LogP contribution in [0.4, 0.5) is 0 Å². The van der Waals surface area contributed by atoms with Crippen molar-refractivity contribution in [3.05, 3.63) is 53.6 Å². The molecular weight excluding hydrogens is 338 g/mol. The SMILES string of the molecule is COc1cc(/C=N/N(C)C(=S)NCc2ccccc2)cc(OC)c1O. The van der Waals surface area contributed by atoms with Crippen LogP contribution in [-0.2, 0) is 6.54 Å². The average molecular weight is 359 g/mol. The maximum atomic E-state index is 9.92. The molecule has 7 heteroatoms. The molecule has 2 aromatic rings. The van der Waals surface area contributed by atoms with Gasteiger partial charge in [-0.1, -0.05) is 30.3 Å². The number of hydrogen-bond donors (Lipinski definition) is 2. The maximum absolute atomic E-state index is 9.92. The van der Waals surface area contributed by atoms with E-state index in [-0.39, 0.29) is 5.75 Å². The van der Waals surface area contributed by atoms with E-state index in [9.17, 15) is 5.11 Å². The molecule has 0 radical (unpaired) electrons. The van der Waals surface area contributed by atoms with Gasteiger partial charge in [0, 0.05) is 19.2 Å². The summed E-state index contributed by atoms with van der Waals surface area (Å²) in [5.41, 5.74) is 1.85. The van der Waals surface area contributed by atoms with Crippen molar-refractivity contribution in [1.82, 2.24) is 10.3 Å². The zero-order valence-electron chi connectivity index (χ0n) is 14.4. The van der Waals surface area contributed by atoms with Crippen molar-refractivity contribution in [2.75, 3.05) is 21.3 Å². The highest BCUT2D eigenvalue weighted by Crippen LogP contribution is 2.36. The lowest BCUT2D eigenvalue weighted by atomic mass is 10.2. The van der Waals surface area contributed by atoms with Gasteiger partial charge in [0.05, 0.1) is 20.4 Å². The van der Waals surface area contributed by atoms with Gasteiger partial charge < -0.3 is 19.9 Å². The van der Waals surface area contributed by atoms with E-state index in [0.717, 1.165) is 5.56 Å². The van der Waals surface area contributed by atoms with Crippen molar-refractivity contribution in [2.45, 2.75) is 6.54 Å². The highest BCUT2D eigenvalue weighted by atomic mass is 32.1. The Morgan fingerprint density at radius 3 is 2.36 bits per heavy atom. The monoisotopic (exact) mass is 359 g/mol. The summed E-state index contributed by atoms with van der Waals surface area (Å²) in [6, 6.07) is 13.3. The number of nitrogens with zero attached hydrogens (tertiary/aromatic N) is 2. The smallest absolute Gasteiger partial charge is 0.200 e. The summed E-state index contributed by atoms with van der Waals surface area (Å²) >= 11 is 5.32. The largest absolute Gasteiger partial charge is 0.502 e. The van der Waals surface area contributed by atoms with Gasteiger partial charge in [-0.15, -0.1) is 0 Å². The minimum Gasteiger partial charge on any atom is -0.502 e. The van der Waals surface area contributed by atoms with Crippen LogP contribution >= 0.6 is 12.2 Å². The van der Waals surface area contributed by atoms with Crippen LogP contribution in [0.5, 0.6) is 17.2 Å². The lowest BCUT2D eigenvalue weighted by Crippen LogP contribution is -2.33. The van der Waals surface area contributed by atoms with Gasteiger partial charge in [-0.3, -0.25) is 0 Å². The molecule has 0 fully saturated rings. The Hall–Kier alpha value is -2.80. The van der Waals surface area contributed by atoms with Crippen LogP contribution in [-0.4, -0.2) is 42.7 Å². The second-order valence-corrected chi connectivity index (χ2v) is 5.57. The highest BCUT2D eigenvalue weighted by Gasteiger charge is 2.10. The van der Waals surface area contributed by atoms with Crippen LogP contribution in [0.1, 0.15) is 11.1 Å². The Labute approximate surface area is 152 Å². The molecule has 0 heterocycles. The number of rotatable bonds is 6. The van der Waals surface area contributed by atoms with Crippen LogP contribution in [0.25, 0.3) is 0 Å². The van der Waals surface area contributed by atoms with Gasteiger partial charge in [0.1, 0.15) is 0 Å². The van der Waals surface area contributed by atoms with E-state index in [2.05, 4.69) is 10.4 Å². The Balaban J connectivity index is 2.01. The molecule has 2 N–H and O–H groups in total. The van der Waals surface area contributed by atoms with Crippen molar-refractivity contribution in [1.29, 1.82) is 0 Å². The van der Waals surface area contributed by atoms with Gasteiger partial charge in [-0.05, 0) is 29.9 Å². The second kappa shape index (κ2) is 8.89. The van der Waals surface area contributed by atoms with Crippen molar-refractivity contribution < 1.29 is 14.6 Å². The van der Waals surface area contributed by atoms with Gasteiger partial charge in [-0.2, -0.15) is 5.10 Å². The topological polar surface area (TPSA) is 66.3 Å². The van der Waals surface area contributed by atoms with Crippen molar-refractivity contribution in [3.8, 4) is 17.2 Å². The average Bonchev–Trinajstić information content (AvgIpc) is 2.65. The third-order valence-electron chi connectivity index (χ3n) is 3.46. The van der Waals surface area contributed by atoms with E-state index in [1.165, 1.54) is 14.2 Å². The summed E-state index contributed by atoms with van der Waals surface area (Å²) in [6.07, 6.45) is 1.61. The number of thiocarbonyl (C=S) groups is 1. The Bertz CT molecular complexity index is 725. The molecule has 0 saturated carbocycles. The molecule has 0 unspecified atom stereocenters. The molecule has 25 heavy (non-hydrogen) atoms. The standard InChI is InChI=1S/C18H21N3O3S/c1-21(18(25)19-11-13-7-5-4-6-8-13)20-12-14-9-15(23-2)17(22)16(10-14)24-3/h4-10,12,22H,11H2,1-3H3,(H,19,25)/b20-12+. The van der Waals surface area contributed by atoms with Crippen molar-refractivity contribution in [2.24, 2.45) is 5.10 Å². The number of methoxy groups -OCH3 is 2. The summed E-state index contributed by atoms with van der Waals surface area (Å²) in [7, 11) is 4.71. The zero-order chi connectivity index (χ0) is 18.2. The number of phenols is 1. The Morgan fingerprint density at radius 1 is 1.20 bits per heavy atom. The summed E-state index contributed by atoms with van der Waals surface area (Å²) in [5, 5.41) is 19.4. The van der Waals surface area contributed by atoms with E-state index >= 15 is 0 Å². The number of hydrogen-bond acceptors (Lipinski definition) is 5. The summed E-state index contributed by atoms with van der Waals surface area (Å²) in [4.78, 5) is 0. The van der Waals surface area contributed by atoms with E-state index in [1.807, 2.05) is 30.3 Å². The molecule has 132 valence electrons. The highest BCUT2D eigenvalue weighted by molar-refractivity contribution is 7.80. The normalized spacial score (nSPS) is 10.5. The number of phenolic OH excluding ortho intramolecular Hbond substituents is 1. The minimum absolute atomic E-state index is 0.0458.